The van der Waals surface area contributed by atoms with Crippen molar-refractivity contribution in [1.82, 2.24) is 5.32 Å². The van der Waals surface area contributed by atoms with Gasteiger partial charge in [-0.25, -0.2) is 0 Å². The number of amides is 1. The minimum absolute atomic E-state index is 0.0942. The summed E-state index contributed by atoms with van der Waals surface area (Å²) in [7, 11) is 0. The lowest BCUT2D eigenvalue weighted by Gasteiger charge is -2.31. The van der Waals surface area contributed by atoms with Gasteiger partial charge in [0.2, 0.25) is 0 Å². The fourth-order valence-corrected chi connectivity index (χ4v) is 4.27. The Balaban J connectivity index is 1.64. The van der Waals surface area contributed by atoms with Gasteiger partial charge in [-0.05, 0) is 25.3 Å². The second-order valence-corrected chi connectivity index (χ2v) is 7.16. The van der Waals surface area contributed by atoms with Crippen molar-refractivity contribution in [2.45, 2.75) is 56.9 Å². The first-order valence-electron chi connectivity index (χ1n) is 8.89. The van der Waals surface area contributed by atoms with Crippen LogP contribution in [-0.4, -0.2) is 31.6 Å². The van der Waals surface area contributed by atoms with Crippen molar-refractivity contribution in [1.29, 1.82) is 0 Å². The van der Waals surface area contributed by atoms with Crippen LogP contribution in [0.2, 0.25) is 0 Å². The van der Waals surface area contributed by atoms with Crippen molar-refractivity contribution in [2.75, 3.05) is 19.6 Å². The second kappa shape index (κ2) is 6.82. The third-order valence-corrected chi connectivity index (χ3v) is 5.80. The van der Waals surface area contributed by atoms with Gasteiger partial charge in [-0.2, -0.15) is 0 Å². The number of likely N-dealkylation sites (tertiary alicyclic amines) is 1. The number of hydrogen-bond donors (Lipinski definition) is 2. The zero-order valence-corrected chi connectivity index (χ0v) is 13.7. The number of carbonyl (C=O) groups excluding carboxylic acids is 1. The Hall–Kier alpha value is -1.35. The first-order valence-corrected chi connectivity index (χ1v) is 8.89. The van der Waals surface area contributed by atoms with Crippen LogP contribution in [0.3, 0.4) is 0 Å². The normalized spacial score (nSPS) is 22.6. The Kier molecular flexibility index (Phi) is 4.82. The van der Waals surface area contributed by atoms with Crippen molar-refractivity contribution in [3.05, 3.63) is 35.9 Å². The van der Waals surface area contributed by atoms with E-state index in [9.17, 15) is 4.79 Å². The number of rotatable bonds is 5. The van der Waals surface area contributed by atoms with Gasteiger partial charge in [-0.15, -0.1) is 0 Å². The molecule has 1 amide bonds. The molecule has 1 heterocycles. The Labute approximate surface area is 134 Å². The molecule has 0 radical (unpaired) electrons. The average Bonchev–Trinajstić information content (AvgIpc) is 3.25. The van der Waals surface area contributed by atoms with E-state index in [1.165, 1.54) is 49.0 Å². The van der Waals surface area contributed by atoms with Gasteiger partial charge < -0.3 is 10.2 Å². The van der Waals surface area contributed by atoms with E-state index in [1.807, 2.05) is 0 Å². The topological polar surface area (TPSA) is 33.5 Å². The lowest BCUT2D eigenvalue weighted by Crippen LogP contribution is -3.15. The van der Waals surface area contributed by atoms with Crippen LogP contribution in [-0.2, 0) is 10.2 Å². The van der Waals surface area contributed by atoms with Gasteiger partial charge in [-0.1, -0.05) is 43.2 Å². The summed E-state index contributed by atoms with van der Waals surface area (Å²) in [6, 6.07) is 10.9. The molecule has 0 spiro atoms. The molecule has 1 atom stereocenters. The standard InChI is InChI=1S/C19H28N2O/c1-16(21-13-7-8-14-21)18(22)20-15-19(11-5-6-12-19)17-9-3-2-4-10-17/h2-4,9-10,16H,5-8,11-15H2,1H3,(H,20,22)/p+1/t16-/m1/s1. The molecule has 2 N–H and O–H groups in total. The van der Waals surface area contributed by atoms with Gasteiger partial charge in [0.15, 0.2) is 6.04 Å². The molecule has 0 aromatic heterocycles. The molecule has 2 aliphatic rings. The number of quaternary nitrogens is 1. The molecule has 120 valence electrons. The van der Waals surface area contributed by atoms with Gasteiger partial charge in [0.05, 0.1) is 13.1 Å². The molecular weight excluding hydrogens is 272 g/mol. The van der Waals surface area contributed by atoms with Gasteiger partial charge in [0.1, 0.15) is 0 Å². The maximum absolute atomic E-state index is 12.5. The van der Waals surface area contributed by atoms with Crippen LogP contribution in [0.4, 0.5) is 0 Å². The highest BCUT2D eigenvalue weighted by molar-refractivity contribution is 5.80. The van der Waals surface area contributed by atoms with Gasteiger partial charge >= 0.3 is 0 Å². The van der Waals surface area contributed by atoms with E-state index >= 15 is 0 Å². The molecule has 3 nitrogen and oxygen atoms in total. The predicted molar refractivity (Wildman–Crippen MR) is 89.0 cm³/mol. The van der Waals surface area contributed by atoms with E-state index in [0.29, 0.717) is 0 Å². The number of nitrogens with one attached hydrogen (secondary N) is 2. The molecule has 0 unspecified atom stereocenters. The summed E-state index contributed by atoms with van der Waals surface area (Å²) in [6.07, 6.45) is 7.47. The lowest BCUT2D eigenvalue weighted by atomic mass is 9.79. The Morgan fingerprint density at radius 1 is 1.14 bits per heavy atom. The minimum Gasteiger partial charge on any atom is -0.350 e. The van der Waals surface area contributed by atoms with Crippen molar-refractivity contribution in [2.24, 2.45) is 0 Å². The molecule has 3 heteroatoms. The maximum atomic E-state index is 12.5. The number of hydrogen-bond acceptors (Lipinski definition) is 1. The molecular formula is C19H29N2O+. The van der Waals surface area contributed by atoms with Crippen LogP contribution in [0.25, 0.3) is 0 Å². The quantitative estimate of drug-likeness (QED) is 0.852. The van der Waals surface area contributed by atoms with E-state index in [-0.39, 0.29) is 17.4 Å². The fourth-order valence-electron chi connectivity index (χ4n) is 4.27. The van der Waals surface area contributed by atoms with E-state index in [4.69, 9.17) is 0 Å². The summed E-state index contributed by atoms with van der Waals surface area (Å²) in [4.78, 5) is 14.0. The molecule has 1 aromatic carbocycles. The van der Waals surface area contributed by atoms with Crippen molar-refractivity contribution < 1.29 is 9.69 Å². The SMILES string of the molecule is C[C@H](C(=O)NCC1(c2ccccc2)CCCC1)[NH+]1CCCC1. The van der Waals surface area contributed by atoms with Crippen LogP contribution in [0.15, 0.2) is 30.3 Å². The molecule has 1 saturated carbocycles. The van der Waals surface area contributed by atoms with Gasteiger partial charge in [0, 0.05) is 24.8 Å². The summed E-state index contributed by atoms with van der Waals surface area (Å²) in [5, 5.41) is 3.28. The molecule has 22 heavy (non-hydrogen) atoms. The van der Waals surface area contributed by atoms with Crippen molar-refractivity contribution in [3.8, 4) is 0 Å². The Bertz CT molecular complexity index is 487. The summed E-state index contributed by atoms with van der Waals surface area (Å²) < 4.78 is 0. The van der Waals surface area contributed by atoms with E-state index in [2.05, 4.69) is 42.6 Å². The lowest BCUT2D eigenvalue weighted by molar-refractivity contribution is -0.901. The maximum Gasteiger partial charge on any atom is 0.278 e. The monoisotopic (exact) mass is 301 g/mol. The van der Waals surface area contributed by atoms with E-state index < -0.39 is 0 Å². The van der Waals surface area contributed by atoms with Gasteiger partial charge in [-0.3, -0.25) is 4.79 Å². The third kappa shape index (κ3) is 3.19. The first kappa shape index (κ1) is 15.5. The van der Waals surface area contributed by atoms with Crippen LogP contribution in [0.1, 0.15) is 51.0 Å². The zero-order chi connectivity index (χ0) is 15.4. The van der Waals surface area contributed by atoms with Crippen molar-refractivity contribution >= 4 is 5.91 Å². The molecule has 1 aromatic rings. The fraction of sp³-hybridized carbons (Fsp3) is 0.632. The second-order valence-electron chi connectivity index (χ2n) is 7.16. The molecule has 0 bridgehead atoms. The van der Waals surface area contributed by atoms with Crippen LogP contribution >= 0.6 is 0 Å². The summed E-state index contributed by atoms with van der Waals surface area (Å²) in [5.74, 6) is 0.235. The highest BCUT2D eigenvalue weighted by Gasteiger charge is 2.37. The van der Waals surface area contributed by atoms with Crippen LogP contribution in [0.5, 0.6) is 0 Å². The highest BCUT2D eigenvalue weighted by atomic mass is 16.2. The molecule has 1 aliphatic heterocycles. The number of carbonyl (C=O) groups is 1. The van der Waals surface area contributed by atoms with E-state index in [1.54, 1.807) is 0 Å². The summed E-state index contributed by atoms with van der Waals surface area (Å²) in [6.45, 7) is 5.18. The molecule has 1 aliphatic carbocycles. The zero-order valence-electron chi connectivity index (χ0n) is 13.7. The van der Waals surface area contributed by atoms with Crippen LogP contribution < -0.4 is 10.2 Å². The summed E-state index contributed by atoms with van der Waals surface area (Å²) >= 11 is 0. The minimum atomic E-state index is 0.0942. The average molecular weight is 301 g/mol. The third-order valence-electron chi connectivity index (χ3n) is 5.80. The van der Waals surface area contributed by atoms with Crippen molar-refractivity contribution in [3.63, 3.8) is 0 Å². The predicted octanol–water partition coefficient (Wildman–Crippen LogP) is 1.68. The summed E-state index contributed by atoms with van der Waals surface area (Å²) in [5.41, 5.74) is 1.56. The first-order chi connectivity index (χ1) is 10.7. The van der Waals surface area contributed by atoms with E-state index in [0.717, 1.165) is 19.6 Å². The Morgan fingerprint density at radius 3 is 2.41 bits per heavy atom. The largest absolute Gasteiger partial charge is 0.350 e. The van der Waals surface area contributed by atoms with Crippen LogP contribution in [0, 0.1) is 0 Å². The van der Waals surface area contributed by atoms with Gasteiger partial charge in [0.25, 0.3) is 5.91 Å². The molecule has 1 saturated heterocycles. The Morgan fingerprint density at radius 2 is 1.77 bits per heavy atom. The number of benzene rings is 1. The highest BCUT2D eigenvalue weighted by Crippen LogP contribution is 2.40. The molecule has 2 fully saturated rings. The smallest absolute Gasteiger partial charge is 0.278 e. The molecule has 3 rings (SSSR count).